The van der Waals surface area contributed by atoms with Crippen LogP contribution in [0, 0.1) is 11.3 Å². The van der Waals surface area contributed by atoms with Crippen LogP contribution in [0.3, 0.4) is 0 Å². The Balaban J connectivity index is 1.77. The molecule has 1 aliphatic rings. The number of H-pyrrole nitrogens is 1. The van der Waals surface area contributed by atoms with Crippen LogP contribution in [0.5, 0.6) is 0 Å². The molecule has 1 fully saturated rings. The Bertz CT molecular complexity index is 1000. The van der Waals surface area contributed by atoms with Crippen LogP contribution in [-0.4, -0.2) is 47.1 Å². The van der Waals surface area contributed by atoms with Crippen molar-refractivity contribution in [3.63, 3.8) is 0 Å². The molecule has 1 N–H and O–H groups in total. The van der Waals surface area contributed by atoms with E-state index in [4.69, 9.17) is 10.00 Å². The highest BCUT2D eigenvalue weighted by atomic mass is 16.5. The number of fused-ring (bicyclic) bond motifs is 1. The summed E-state index contributed by atoms with van der Waals surface area (Å²) in [7, 11) is 0. The third-order valence-corrected chi connectivity index (χ3v) is 4.52. The number of ether oxygens (including phenoxy) is 1. The van der Waals surface area contributed by atoms with E-state index in [1.807, 2.05) is 42.5 Å². The fourth-order valence-electron chi connectivity index (χ4n) is 3.07. The first-order chi connectivity index (χ1) is 13.2. The smallest absolute Gasteiger partial charge is 0.257 e. The van der Waals surface area contributed by atoms with Crippen LogP contribution >= 0.6 is 0 Å². The average Bonchev–Trinajstić information content (AvgIpc) is 3.16. The zero-order chi connectivity index (χ0) is 18.6. The molecule has 0 unspecified atom stereocenters. The van der Waals surface area contributed by atoms with Crippen LogP contribution in [0.1, 0.15) is 17.0 Å². The van der Waals surface area contributed by atoms with Crippen LogP contribution in [0.2, 0.25) is 0 Å². The molecule has 134 valence electrons. The number of para-hydroxylation sites is 2. The molecule has 27 heavy (non-hydrogen) atoms. The molecule has 1 aromatic heterocycles. The van der Waals surface area contributed by atoms with E-state index in [0.717, 1.165) is 16.6 Å². The molecule has 0 aliphatic carbocycles. The van der Waals surface area contributed by atoms with E-state index in [1.54, 1.807) is 17.0 Å². The standard InChI is InChI=1S/C21H18N4O2/c22-14-16-7-5-15(6-8-16)13-17(21(26)25-9-11-27-12-10-25)20-23-18-3-1-2-4-19(18)24-20/h1-8,13H,9-12H2,(H,23,24). The molecule has 6 nitrogen and oxygen atoms in total. The lowest BCUT2D eigenvalue weighted by Gasteiger charge is -2.27. The van der Waals surface area contributed by atoms with Crippen molar-refractivity contribution in [3.8, 4) is 6.07 Å². The molecule has 1 amide bonds. The van der Waals surface area contributed by atoms with Gasteiger partial charge in [0.2, 0.25) is 0 Å². The first-order valence-corrected chi connectivity index (χ1v) is 8.78. The molecule has 0 bridgehead atoms. The van der Waals surface area contributed by atoms with E-state index >= 15 is 0 Å². The number of amides is 1. The maximum absolute atomic E-state index is 13.2. The Kier molecular flexibility index (Phi) is 4.69. The minimum Gasteiger partial charge on any atom is -0.378 e. The second kappa shape index (κ2) is 7.44. The number of imidazole rings is 1. The minimum absolute atomic E-state index is 0.0817. The number of rotatable bonds is 3. The Morgan fingerprint density at radius 1 is 1.15 bits per heavy atom. The number of carbonyl (C=O) groups excluding carboxylic acids is 1. The fraction of sp³-hybridized carbons (Fsp3) is 0.190. The van der Waals surface area contributed by atoms with Gasteiger partial charge in [-0.25, -0.2) is 4.98 Å². The molecule has 0 radical (unpaired) electrons. The van der Waals surface area contributed by atoms with Gasteiger partial charge in [-0.1, -0.05) is 24.3 Å². The van der Waals surface area contributed by atoms with Crippen LogP contribution in [0.15, 0.2) is 48.5 Å². The zero-order valence-corrected chi connectivity index (χ0v) is 14.7. The van der Waals surface area contributed by atoms with Crippen molar-refractivity contribution in [2.45, 2.75) is 0 Å². The van der Waals surface area contributed by atoms with Crippen LogP contribution in [-0.2, 0) is 9.53 Å². The largest absolute Gasteiger partial charge is 0.378 e. The lowest BCUT2D eigenvalue weighted by atomic mass is 10.1. The van der Waals surface area contributed by atoms with Gasteiger partial charge in [-0.3, -0.25) is 4.79 Å². The molecule has 0 spiro atoms. The molecule has 0 saturated carbocycles. The number of aromatic nitrogens is 2. The molecule has 6 heteroatoms. The molecular formula is C21H18N4O2. The van der Waals surface area contributed by atoms with Gasteiger partial charge >= 0.3 is 0 Å². The van der Waals surface area contributed by atoms with E-state index in [1.165, 1.54) is 0 Å². The maximum atomic E-state index is 13.2. The highest BCUT2D eigenvalue weighted by molar-refractivity contribution is 6.23. The predicted octanol–water partition coefficient (Wildman–Crippen LogP) is 2.83. The molecule has 1 aliphatic heterocycles. The first kappa shape index (κ1) is 17.0. The minimum atomic E-state index is -0.0817. The number of carbonyl (C=O) groups is 1. The second-order valence-corrected chi connectivity index (χ2v) is 6.30. The molecule has 0 atom stereocenters. The quantitative estimate of drug-likeness (QED) is 0.730. The Morgan fingerprint density at radius 3 is 2.59 bits per heavy atom. The predicted molar refractivity (Wildman–Crippen MR) is 103 cm³/mol. The normalized spacial score (nSPS) is 14.9. The lowest BCUT2D eigenvalue weighted by molar-refractivity contribution is -0.128. The van der Waals surface area contributed by atoms with Crippen molar-refractivity contribution in [1.82, 2.24) is 14.9 Å². The summed E-state index contributed by atoms with van der Waals surface area (Å²) in [5, 5.41) is 8.97. The number of nitriles is 1. The summed E-state index contributed by atoms with van der Waals surface area (Å²) < 4.78 is 5.36. The molecule has 3 aromatic rings. The summed E-state index contributed by atoms with van der Waals surface area (Å²) in [6.45, 7) is 2.19. The zero-order valence-electron chi connectivity index (χ0n) is 14.7. The van der Waals surface area contributed by atoms with Crippen molar-refractivity contribution in [2.24, 2.45) is 0 Å². The first-order valence-electron chi connectivity index (χ1n) is 8.78. The summed E-state index contributed by atoms with van der Waals surface area (Å²) >= 11 is 0. The van der Waals surface area contributed by atoms with Gasteiger partial charge in [-0.15, -0.1) is 0 Å². The molecular weight excluding hydrogens is 340 g/mol. The van der Waals surface area contributed by atoms with Crippen LogP contribution in [0.25, 0.3) is 22.7 Å². The second-order valence-electron chi connectivity index (χ2n) is 6.30. The number of hydrogen-bond donors (Lipinski definition) is 1. The van der Waals surface area contributed by atoms with Crippen molar-refractivity contribution >= 4 is 28.6 Å². The number of benzene rings is 2. The van der Waals surface area contributed by atoms with E-state index in [-0.39, 0.29) is 5.91 Å². The topological polar surface area (TPSA) is 82.0 Å². The van der Waals surface area contributed by atoms with Crippen molar-refractivity contribution < 1.29 is 9.53 Å². The van der Waals surface area contributed by atoms with E-state index < -0.39 is 0 Å². The maximum Gasteiger partial charge on any atom is 0.257 e. The van der Waals surface area contributed by atoms with E-state index in [0.29, 0.717) is 43.3 Å². The highest BCUT2D eigenvalue weighted by Gasteiger charge is 2.24. The van der Waals surface area contributed by atoms with Gasteiger partial charge in [0.25, 0.3) is 5.91 Å². The third kappa shape index (κ3) is 3.59. The number of morpholine rings is 1. The monoisotopic (exact) mass is 358 g/mol. The van der Waals surface area contributed by atoms with Gasteiger partial charge in [0.1, 0.15) is 5.82 Å². The van der Waals surface area contributed by atoms with Crippen molar-refractivity contribution in [1.29, 1.82) is 5.26 Å². The van der Waals surface area contributed by atoms with Gasteiger partial charge in [-0.2, -0.15) is 5.26 Å². The highest BCUT2D eigenvalue weighted by Crippen LogP contribution is 2.22. The van der Waals surface area contributed by atoms with Crippen LogP contribution in [0.4, 0.5) is 0 Å². The number of hydrogen-bond acceptors (Lipinski definition) is 4. The van der Waals surface area contributed by atoms with Crippen molar-refractivity contribution in [3.05, 3.63) is 65.5 Å². The van der Waals surface area contributed by atoms with E-state index in [2.05, 4.69) is 16.0 Å². The number of nitrogens with zero attached hydrogens (tertiary/aromatic N) is 3. The van der Waals surface area contributed by atoms with E-state index in [9.17, 15) is 4.79 Å². The summed E-state index contributed by atoms with van der Waals surface area (Å²) in [6, 6.07) is 16.9. The molecule has 1 saturated heterocycles. The van der Waals surface area contributed by atoms with Gasteiger partial charge in [0.05, 0.1) is 41.5 Å². The summed E-state index contributed by atoms with van der Waals surface area (Å²) in [6.07, 6.45) is 1.82. The fourth-order valence-corrected chi connectivity index (χ4v) is 3.07. The SMILES string of the molecule is N#Cc1ccc(C=C(C(=O)N2CCOCC2)c2nc3ccccc3[nH]2)cc1. The van der Waals surface area contributed by atoms with Crippen molar-refractivity contribution in [2.75, 3.05) is 26.3 Å². The Labute approximate surface area is 156 Å². The molecule has 2 heterocycles. The third-order valence-electron chi connectivity index (χ3n) is 4.52. The number of aromatic amines is 1. The summed E-state index contributed by atoms with van der Waals surface area (Å²) in [5.74, 6) is 0.457. The van der Waals surface area contributed by atoms with Crippen LogP contribution < -0.4 is 0 Å². The van der Waals surface area contributed by atoms with Gasteiger partial charge in [0.15, 0.2) is 0 Å². The van der Waals surface area contributed by atoms with Gasteiger partial charge < -0.3 is 14.6 Å². The van der Waals surface area contributed by atoms with Gasteiger partial charge in [-0.05, 0) is 35.9 Å². The molecule has 4 rings (SSSR count). The number of nitrogens with one attached hydrogen (secondary N) is 1. The molecule has 2 aromatic carbocycles. The summed E-state index contributed by atoms with van der Waals surface area (Å²) in [4.78, 5) is 22.8. The Hall–Kier alpha value is -3.43. The summed E-state index contributed by atoms with van der Waals surface area (Å²) in [5.41, 5.74) is 3.61. The van der Waals surface area contributed by atoms with Gasteiger partial charge in [0, 0.05) is 13.1 Å². The Morgan fingerprint density at radius 2 is 1.89 bits per heavy atom. The lowest BCUT2D eigenvalue weighted by Crippen LogP contribution is -2.41. The average molecular weight is 358 g/mol.